The maximum atomic E-state index is 4.29. The van der Waals surface area contributed by atoms with Gasteiger partial charge in [-0.25, -0.2) is 4.98 Å². The Balaban J connectivity index is 1.68. The first-order valence-corrected chi connectivity index (χ1v) is 6.56. The Kier molecular flexibility index (Phi) is 3.37. The molecule has 2 aromatic rings. The van der Waals surface area contributed by atoms with Crippen LogP contribution in [0.4, 0.5) is 0 Å². The second-order valence-electron chi connectivity index (χ2n) is 4.77. The first kappa shape index (κ1) is 11.4. The van der Waals surface area contributed by atoms with Gasteiger partial charge in [-0.3, -0.25) is 4.98 Å². The zero-order valence-electron chi connectivity index (χ0n) is 10.4. The Morgan fingerprint density at radius 2 is 2.17 bits per heavy atom. The maximum absolute atomic E-state index is 4.29. The van der Waals surface area contributed by atoms with Gasteiger partial charge in [0, 0.05) is 31.2 Å². The SMILES string of the molecule is c1cc(CCn2cncc2C2CCCN2)ccn1. The van der Waals surface area contributed by atoms with Crippen LogP contribution in [0.2, 0.25) is 0 Å². The topological polar surface area (TPSA) is 42.7 Å². The monoisotopic (exact) mass is 242 g/mol. The molecule has 4 nitrogen and oxygen atoms in total. The lowest BCUT2D eigenvalue weighted by Crippen LogP contribution is -2.17. The molecule has 0 amide bonds. The highest BCUT2D eigenvalue weighted by molar-refractivity contribution is 5.11. The van der Waals surface area contributed by atoms with Crippen LogP contribution in [0, 0.1) is 0 Å². The molecule has 0 aromatic carbocycles. The number of imidazole rings is 1. The van der Waals surface area contributed by atoms with E-state index >= 15 is 0 Å². The van der Waals surface area contributed by atoms with Gasteiger partial charge < -0.3 is 9.88 Å². The van der Waals surface area contributed by atoms with Gasteiger partial charge in [0.1, 0.15) is 0 Å². The van der Waals surface area contributed by atoms with Crippen molar-refractivity contribution >= 4 is 0 Å². The van der Waals surface area contributed by atoms with Crippen LogP contribution in [-0.2, 0) is 13.0 Å². The minimum atomic E-state index is 0.491. The van der Waals surface area contributed by atoms with E-state index < -0.39 is 0 Å². The van der Waals surface area contributed by atoms with Gasteiger partial charge in [-0.15, -0.1) is 0 Å². The van der Waals surface area contributed by atoms with E-state index in [-0.39, 0.29) is 0 Å². The van der Waals surface area contributed by atoms with Gasteiger partial charge in [0.25, 0.3) is 0 Å². The largest absolute Gasteiger partial charge is 0.333 e. The van der Waals surface area contributed by atoms with Crippen molar-refractivity contribution in [1.29, 1.82) is 0 Å². The van der Waals surface area contributed by atoms with Gasteiger partial charge in [0.05, 0.1) is 12.0 Å². The molecule has 1 aliphatic rings. The molecule has 4 heteroatoms. The summed E-state index contributed by atoms with van der Waals surface area (Å²) >= 11 is 0. The lowest BCUT2D eigenvalue weighted by atomic mass is 10.1. The zero-order chi connectivity index (χ0) is 12.2. The fraction of sp³-hybridized carbons (Fsp3) is 0.429. The lowest BCUT2D eigenvalue weighted by Gasteiger charge is -2.13. The van der Waals surface area contributed by atoms with Crippen molar-refractivity contribution in [2.75, 3.05) is 6.54 Å². The van der Waals surface area contributed by atoms with Gasteiger partial charge in [0.2, 0.25) is 0 Å². The van der Waals surface area contributed by atoms with E-state index in [1.807, 2.05) is 24.9 Å². The number of rotatable bonds is 4. The van der Waals surface area contributed by atoms with Gasteiger partial charge >= 0.3 is 0 Å². The van der Waals surface area contributed by atoms with Crippen LogP contribution in [0.5, 0.6) is 0 Å². The fourth-order valence-corrected chi connectivity index (χ4v) is 2.54. The summed E-state index contributed by atoms with van der Waals surface area (Å²) in [4.78, 5) is 8.33. The third-order valence-corrected chi connectivity index (χ3v) is 3.55. The molecule has 0 spiro atoms. The third kappa shape index (κ3) is 2.43. The number of hydrogen-bond acceptors (Lipinski definition) is 3. The van der Waals surface area contributed by atoms with Crippen molar-refractivity contribution in [3.8, 4) is 0 Å². The van der Waals surface area contributed by atoms with Crippen LogP contribution in [0.3, 0.4) is 0 Å². The van der Waals surface area contributed by atoms with E-state index in [0.29, 0.717) is 6.04 Å². The van der Waals surface area contributed by atoms with E-state index in [1.165, 1.54) is 24.1 Å². The molecule has 0 saturated carbocycles. The molecule has 94 valence electrons. The lowest BCUT2D eigenvalue weighted by molar-refractivity contribution is 0.563. The summed E-state index contributed by atoms with van der Waals surface area (Å²) in [5.74, 6) is 0. The molecular weight excluding hydrogens is 224 g/mol. The van der Waals surface area contributed by atoms with Crippen LogP contribution >= 0.6 is 0 Å². The summed E-state index contributed by atoms with van der Waals surface area (Å²) in [6.45, 7) is 2.11. The van der Waals surface area contributed by atoms with Crippen molar-refractivity contribution in [3.63, 3.8) is 0 Å². The third-order valence-electron chi connectivity index (χ3n) is 3.55. The zero-order valence-corrected chi connectivity index (χ0v) is 10.4. The smallest absolute Gasteiger partial charge is 0.0948 e. The number of nitrogens with zero attached hydrogens (tertiary/aromatic N) is 3. The molecule has 0 aliphatic carbocycles. The second-order valence-corrected chi connectivity index (χ2v) is 4.77. The summed E-state index contributed by atoms with van der Waals surface area (Å²) in [5.41, 5.74) is 2.64. The minimum absolute atomic E-state index is 0.491. The first-order chi connectivity index (χ1) is 8.93. The van der Waals surface area contributed by atoms with Crippen molar-refractivity contribution in [2.45, 2.75) is 31.8 Å². The molecule has 1 N–H and O–H groups in total. The average Bonchev–Trinajstić information content (AvgIpc) is 3.08. The molecule has 1 atom stereocenters. The number of nitrogens with one attached hydrogen (secondary N) is 1. The quantitative estimate of drug-likeness (QED) is 0.891. The van der Waals surface area contributed by atoms with Crippen molar-refractivity contribution in [2.24, 2.45) is 0 Å². The molecule has 3 rings (SSSR count). The second kappa shape index (κ2) is 5.31. The summed E-state index contributed by atoms with van der Waals surface area (Å²) in [7, 11) is 0. The first-order valence-electron chi connectivity index (χ1n) is 6.56. The Hall–Kier alpha value is -1.68. The number of hydrogen-bond donors (Lipinski definition) is 1. The molecule has 1 saturated heterocycles. The summed E-state index contributed by atoms with van der Waals surface area (Å²) in [6.07, 6.45) is 11.1. The Labute approximate surface area is 107 Å². The number of aromatic nitrogens is 3. The highest BCUT2D eigenvalue weighted by Crippen LogP contribution is 2.22. The molecule has 3 heterocycles. The van der Waals surface area contributed by atoms with Crippen LogP contribution in [-0.4, -0.2) is 21.1 Å². The van der Waals surface area contributed by atoms with Gasteiger partial charge in [-0.05, 0) is 43.5 Å². The van der Waals surface area contributed by atoms with E-state index in [1.54, 1.807) is 0 Å². The number of aryl methyl sites for hydroxylation is 2. The molecule has 1 fully saturated rings. The van der Waals surface area contributed by atoms with Crippen LogP contribution < -0.4 is 5.32 Å². The van der Waals surface area contributed by atoms with E-state index in [4.69, 9.17) is 0 Å². The predicted octanol–water partition coefficient (Wildman–Crippen LogP) is 1.95. The van der Waals surface area contributed by atoms with Crippen molar-refractivity contribution in [1.82, 2.24) is 19.9 Å². The molecule has 2 aromatic heterocycles. The van der Waals surface area contributed by atoms with E-state index in [9.17, 15) is 0 Å². The highest BCUT2D eigenvalue weighted by Gasteiger charge is 2.19. The molecule has 0 bridgehead atoms. The standard InChI is InChI=1S/C14H18N4/c1-2-13(17-6-1)14-10-16-11-18(14)9-5-12-3-7-15-8-4-12/h3-4,7-8,10-11,13,17H,1-2,5-6,9H2. The summed E-state index contributed by atoms with van der Waals surface area (Å²) in [6, 6.07) is 4.64. The number of pyridine rings is 1. The summed E-state index contributed by atoms with van der Waals surface area (Å²) < 4.78 is 2.27. The normalized spacial score (nSPS) is 19.2. The Morgan fingerprint density at radius 3 is 2.94 bits per heavy atom. The van der Waals surface area contributed by atoms with E-state index in [0.717, 1.165) is 19.5 Å². The van der Waals surface area contributed by atoms with Gasteiger partial charge in [-0.1, -0.05) is 0 Å². The van der Waals surface area contributed by atoms with Gasteiger partial charge in [0.15, 0.2) is 0 Å². The molecule has 0 radical (unpaired) electrons. The fourth-order valence-electron chi connectivity index (χ4n) is 2.54. The molecular formula is C14H18N4. The molecule has 1 aliphatic heterocycles. The predicted molar refractivity (Wildman–Crippen MR) is 70.1 cm³/mol. The van der Waals surface area contributed by atoms with Crippen LogP contribution in [0.15, 0.2) is 37.1 Å². The van der Waals surface area contributed by atoms with Crippen LogP contribution in [0.25, 0.3) is 0 Å². The maximum Gasteiger partial charge on any atom is 0.0948 e. The Bertz CT molecular complexity index is 486. The van der Waals surface area contributed by atoms with Crippen molar-refractivity contribution < 1.29 is 0 Å². The van der Waals surface area contributed by atoms with E-state index in [2.05, 4.69) is 32.0 Å². The Morgan fingerprint density at radius 1 is 1.28 bits per heavy atom. The van der Waals surface area contributed by atoms with Gasteiger partial charge in [-0.2, -0.15) is 0 Å². The molecule has 18 heavy (non-hydrogen) atoms. The minimum Gasteiger partial charge on any atom is -0.333 e. The highest BCUT2D eigenvalue weighted by atomic mass is 15.1. The van der Waals surface area contributed by atoms with Crippen molar-refractivity contribution in [3.05, 3.63) is 48.3 Å². The average molecular weight is 242 g/mol. The summed E-state index contributed by atoms with van der Waals surface area (Å²) in [5, 5.41) is 3.53. The molecule has 1 unspecified atom stereocenters. The van der Waals surface area contributed by atoms with Crippen LogP contribution in [0.1, 0.15) is 30.1 Å².